The Labute approximate surface area is 427 Å². The molecule has 6 aromatic heterocycles. The van der Waals surface area contributed by atoms with Crippen molar-refractivity contribution in [1.82, 2.24) is 54.7 Å². The van der Waals surface area contributed by atoms with Crippen LogP contribution in [0, 0.1) is 20.8 Å². The molecular weight excluding hydrogens is 1010 g/mol. The zero-order chi connectivity index (χ0) is 48.7. The lowest BCUT2D eigenvalue weighted by atomic mass is 10.2. The van der Waals surface area contributed by atoms with Gasteiger partial charge in [0.1, 0.15) is 32.2 Å². The summed E-state index contributed by atoms with van der Waals surface area (Å²) in [7, 11) is 0. The van der Waals surface area contributed by atoms with Gasteiger partial charge in [0, 0.05) is 116 Å². The number of halogens is 4. The van der Waals surface area contributed by atoms with E-state index in [1.165, 1.54) is 53.5 Å². The molecule has 8 heterocycles. The molecule has 2 aliphatic heterocycles. The molecule has 0 aromatic carbocycles. The Hall–Kier alpha value is -4.18. The third-order valence-corrected chi connectivity index (χ3v) is 14.5. The summed E-state index contributed by atoms with van der Waals surface area (Å²) in [6, 6.07) is 15.8. The van der Waals surface area contributed by atoms with Crippen LogP contribution in [0.5, 0.6) is 0 Å². The number of hydrogen-bond acceptors (Lipinski definition) is 16. The highest BCUT2D eigenvalue weighted by molar-refractivity contribution is 7.98. The smallest absolute Gasteiger partial charge is 0.251 e. The molecule has 0 atom stereocenters. The van der Waals surface area contributed by atoms with Crippen LogP contribution in [0.2, 0.25) is 20.6 Å². The summed E-state index contributed by atoms with van der Waals surface area (Å²) in [5.41, 5.74) is 4.56. The fourth-order valence-corrected chi connectivity index (χ4v) is 10.6. The maximum atomic E-state index is 11.6. The maximum Gasteiger partial charge on any atom is 0.251 e. The molecule has 0 radical (unpaired) electrons. The number of likely N-dealkylation sites (N-methyl/N-ethyl adjacent to an activating group) is 2. The van der Waals surface area contributed by atoms with E-state index >= 15 is 0 Å². The molecule has 8 rings (SSSR count). The van der Waals surface area contributed by atoms with Crippen molar-refractivity contribution in [1.29, 1.82) is 0 Å². The van der Waals surface area contributed by atoms with Crippen molar-refractivity contribution in [3.63, 3.8) is 0 Å². The standard InChI is InChI=1S/2C17H22ClN5OS.C11H9Cl2N3OS/c1-3-22-6-8-23(9-7-22)14-5-4-13(16(18)20-14)11-25-17-19-12(2)10-15(24)21-17;1-3-22-6-8-23(9-7-22)16-13(4-5-14(18)20-16)11-25-17-19-12(2)10-15(24)21-17;1-6-4-9(17)16-11(14-6)18-5-7-2-3-8(12)15-10(7)13/h2*4-5,10H,3,6-9,11H2,1-2H3,(H,19,21,24);2-4H,5H2,1H3,(H,14,16,17). The van der Waals surface area contributed by atoms with Gasteiger partial charge >= 0.3 is 0 Å². The van der Waals surface area contributed by atoms with Crippen LogP contribution in [0.15, 0.2) is 84.5 Å². The Morgan fingerprint density at radius 3 is 1.28 bits per heavy atom. The Bertz CT molecular complexity index is 2800. The first-order valence-electron chi connectivity index (χ1n) is 21.8. The first-order chi connectivity index (χ1) is 32.6. The highest BCUT2D eigenvalue weighted by Gasteiger charge is 2.21. The lowest BCUT2D eigenvalue weighted by Gasteiger charge is -2.35. The van der Waals surface area contributed by atoms with E-state index in [1.54, 1.807) is 26.0 Å². The summed E-state index contributed by atoms with van der Waals surface area (Å²) in [5, 5.41) is 3.52. The number of thioether (sulfide) groups is 3. The molecular formula is C45H53Cl4N13O3S3. The summed E-state index contributed by atoms with van der Waals surface area (Å²) >= 11 is 28.5. The third-order valence-electron chi connectivity index (χ3n) is 10.6. The number of piperazine rings is 2. The minimum atomic E-state index is -0.162. The zero-order valence-electron chi connectivity index (χ0n) is 38.3. The van der Waals surface area contributed by atoms with Crippen molar-refractivity contribution >= 4 is 93.3 Å². The highest BCUT2D eigenvalue weighted by atomic mass is 35.5. The average molecular weight is 1060 g/mol. The summed E-state index contributed by atoms with van der Waals surface area (Å²) in [6.45, 7) is 19.9. The molecule has 6 aromatic rings. The van der Waals surface area contributed by atoms with E-state index in [4.69, 9.17) is 46.4 Å². The molecule has 0 spiro atoms. The Morgan fingerprint density at radius 2 is 0.868 bits per heavy atom. The SMILES string of the molecule is CCN1CCN(c2ccc(CSc3nc(C)cc(=O)[nH]3)c(Cl)n2)CC1.CCN1CCN(c2nc(Cl)ccc2CSc2nc(C)cc(=O)[nH]2)CC1.Cc1cc(=O)[nH]c(SCc2ccc(Cl)nc2Cl)n1. The molecule has 0 aliphatic carbocycles. The number of aromatic nitrogens is 9. The van der Waals surface area contributed by atoms with Gasteiger partial charge in [0.25, 0.3) is 16.7 Å². The second kappa shape index (κ2) is 26.1. The van der Waals surface area contributed by atoms with Gasteiger partial charge in [-0.05, 0) is 57.6 Å². The van der Waals surface area contributed by atoms with E-state index in [9.17, 15) is 14.4 Å². The number of H-pyrrole nitrogens is 3. The molecule has 2 fully saturated rings. The number of anilines is 2. The molecule has 0 unspecified atom stereocenters. The number of hydrogen-bond donors (Lipinski definition) is 3. The largest absolute Gasteiger partial charge is 0.354 e. The summed E-state index contributed by atoms with van der Waals surface area (Å²) in [4.78, 5) is 77.9. The molecule has 2 saturated heterocycles. The number of aryl methyl sites for hydroxylation is 3. The van der Waals surface area contributed by atoms with E-state index in [-0.39, 0.29) is 16.7 Å². The van der Waals surface area contributed by atoms with Gasteiger partial charge < -0.3 is 34.6 Å². The Balaban J connectivity index is 0.000000171. The van der Waals surface area contributed by atoms with Crippen molar-refractivity contribution in [2.45, 2.75) is 67.3 Å². The maximum absolute atomic E-state index is 11.6. The van der Waals surface area contributed by atoms with Crippen LogP contribution in [-0.2, 0) is 17.3 Å². The van der Waals surface area contributed by atoms with E-state index in [0.29, 0.717) is 64.7 Å². The first-order valence-corrected chi connectivity index (χ1v) is 26.3. The molecule has 2 aliphatic rings. The van der Waals surface area contributed by atoms with Gasteiger partial charge in [-0.2, -0.15) is 0 Å². The zero-order valence-corrected chi connectivity index (χ0v) is 43.8. The van der Waals surface area contributed by atoms with Crippen LogP contribution in [0.1, 0.15) is 47.6 Å². The van der Waals surface area contributed by atoms with Crippen LogP contribution < -0.4 is 26.5 Å². The minimum absolute atomic E-state index is 0.125. The number of rotatable bonds is 13. The van der Waals surface area contributed by atoms with Crippen LogP contribution >= 0.6 is 81.7 Å². The van der Waals surface area contributed by atoms with Crippen molar-refractivity contribution in [3.05, 3.63) is 140 Å². The monoisotopic (exact) mass is 1060 g/mol. The molecule has 3 N–H and O–H groups in total. The highest BCUT2D eigenvalue weighted by Crippen LogP contribution is 2.29. The second-order valence-electron chi connectivity index (χ2n) is 15.6. The number of pyridine rings is 3. The van der Waals surface area contributed by atoms with Crippen molar-refractivity contribution in [3.8, 4) is 0 Å². The molecule has 16 nitrogen and oxygen atoms in total. The van der Waals surface area contributed by atoms with Gasteiger partial charge in [0.2, 0.25) is 0 Å². The van der Waals surface area contributed by atoms with E-state index in [0.717, 1.165) is 99.5 Å². The third kappa shape index (κ3) is 16.5. The van der Waals surface area contributed by atoms with Gasteiger partial charge in [-0.25, -0.2) is 29.9 Å². The van der Waals surface area contributed by atoms with Gasteiger partial charge in [-0.15, -0.1) is 0 Å². The van der Waals surface area contributed by atoms with Crippen LogP contribution in [-0.4, -0.2) is 120 Å². The number of nitrogens with zero attached hydrogens (tertiary/aromatic N) is 10. The van der Waals surface area contributed by atoms with E-state index < -0.39 is 0 Å². The summed E-state index contributed by atoms with van der Waals surface area (Å²) in [6.07, 6.45) is 0. The van der Waals surface area contributed by atoms with E-state index in [2.05, 4.69) is 78.3 Å². The molecule has 0 amide bonds. The second-order valence-corrected chi connectivity index (χ2v) is 20.0. The van der Waals surface area contributed by atoms with Crippen LogP contribution in [0.25, 0.3) is 0 Å². The Kier molecular flexibility index (Phi) is 20.4. The number of nitrogens with one attached hydrogen (secondary N) is 3. The lowest BCUT2D eigenvalue weighted by molar-refractivity contribution is 0.270. The lowest BCUT2D eigenvalue weighted by Crippen LogP contribution is -2.46. The first kappa shape index (κ1) is 53.2. The van der Waals surface area contributed by atoms with Crippen molar-refractivity contribution in [2.24, 2.45) is 0 Å². The Morgan fingerprint density at radius 1 is 0.485 bits per heavy atom. The average Bonchev–Trinajstić information content (AvgIpc) is 3.30. The molecule has 0 saturated carbocycles. The molecule has 0 bridgehead atoms. The van der Waals surface area contributed by atoms with Gasteiger partial charge in [-0.1, -0.05) is 114 Å². The van der Waals surface area contributed by atoms with Crippen molar-refractivity contribution in [2.75, 3.05) is 75.2 Å². The topological polar surface area (TPSA) is 189 Å². The molecule has 68 heavy (non-hydrogen) atoms. The molecule has 362 valence electrons. The minimum Gasteiger partial charge on any atom is -0.354 e. The fraction of sp³-hybridized carbons (Fsp3) is 0.400. The van der Waals surface area contributed by atoms with E-state index in [1.807, 2.05) is 31.2 Å². The summed E-state index contributed by atoms with van der Waals surface area (Å²) < 4.78 is 0. The van der Waals surface area contributed by atoms with Crippen molar-refractivity contribution < 1.29 is 0 Å². The number of aromatic amines is 3. The van der Waals surface area contributed by atoms with Gasteiger partial charge in [-0.3, -0.25) is 14.4 Å². The normalized spacial score (nSPS) is 14.2. The summed E-state index contributed by atoms with van der Waals surface area (Å²) in [5.74, 6) is 3.72. The fourth-order valence-electron chi connectivity index (χ4n) is 6.99. The van der Waals surface area contributed by atoms with Crippen LogP contribution in [0.4, 0.5) is 11.6 Å². The molecule has 23 heteroatoms. The predicted molar refractivity (Wildman–Crippen MR) is 279 cm³/mol. The quantitative estimate of drug-likeness (QED) is 0.0570. The van der Waals surface area contributed by atoms with Gasteiger partial charge in [0.15, 0.2) is 15.5 Å². The van der Waals surface area contributed by atoms with Crippen LogP contribution in [0.3, 0.4) is 0 Å². The van der Waals surface area contributed by atoms with Gasteiger partial charge in [0.05, 0.1) is 0 Å². The predicted octanol–water partition coefficient (Wildman–Crippen LogP) is 8.19.